The SMILES string of the molecule is ClC1=C(Cl)[N+](Cc2ccc3ccccc3n2)=C=[N+]1Cc1ccc2ccccc2n1. The Hall–Kier alpha value is -3.04. The second-order valence-corrected chi connectivity index (χ2v) is 7.56. The van der Waals surface area contributed by atoms with Gasteiger partial charge in [-0.15, -0.1) is 0 Å². The molecule has 1 aliphatic heterocycles. The maximum Gasteiger partial charge on any atom is 0.492 e. The lowest BCUT2D eigenvalue weighted by Crippen LogP contribution is -2.07. The Morgan fingerprint density at radius 3 is 1.55 bits per heavy atom. The average molecular weight is 419 g/mol. The Morgan fingerprint density at radius 1 is 0.621 bits per heavy atom. The molecule has 0 aliphatic carbocycles. The number of pyridine rings is 2. The summed E-state index contributed by atoms with van der Waals surface area (Å²) in [5.74, 6) is 0. The van der Waals surface area contributed by atoms with Gasteiger partial charge in [-0.1, -0.05) is 57.7 Å². The highest BCUT2D eigenvalue weighted by Crippen LogP contribution is 2.23. The molecule has 0 saturated heterocycles. The molecule has 0 atom stereocenters. The maximum atomic E-state index is 6.47. The molecule has 0 radical (unpaired) electrons. The van der Waals surface area contributed by atoms with Crippen molar-refractivity contribution in [2.45, 2.75) is 13.1 Å². The van der Waals surface area contributed by atoms with Crippen molar-refractivity contribution in [3.05, 3.63) is 94.5 Å². The molecule has 6 heteroatoms. The van der Waals surface area contributed by atoms with Gasteiger partial charge in [-0.2, -0.15) is 0 Å². The van der Waals surface area contributed by atoms with Crippen molar-refractivity contribution in [2.75, 3.05) is 0 Å². The third kappa shape index (κ3) is 3.54. The quantitative estimate of drug-likeness (QED) is 0.332. The monoisotopic (exact) mass is 418 g/mol. The molecule has 4 aromatic rings. The Kier molecular flexibility index (Phi) is 4.61. The smallest absolute Gasteiger partial charge is 0.246 e. The first-order chi connectivity index (χ1) is 14.2. The number of hydrogen-bond acceptors (Lipinski definition) is 2. The summed E-state index contributed by atoms with van der Waals surface area (Å²) < 4.78 is 3.56. The van der Waals surface area contributed by atoms with Crippen LogP contribution in [0.15, 0.2) is 83.1 Å². The predicted molar refractivity (Wildman–Crippen MR) is 115 cm³/mol. The first-order valence-electron chi connectivity index (χ1n) is 9.23. The number of hydrogen-bond donors (Lipinski definition) is 0. The summed E-state index contributed by atoms with van der Waals surface area (Å²) in [6, 6.07) is 27.4. The molecule has 140 valence electrons. The van der Waals surface area contributed by atoms with E-state index in [2.05, 4.69) is 18.1 Å². The minimum absolute atomic E-state index is 0.433. The fourth-order valence-electron chi connectivity index (χ4n) is 3.38. The molecule has 0 N–H and O–H groups in total. The number of benzene rings is 2. The van der Waals surface area contributed by atoms with Crippen LogP contribution in [0.5, 0.6) is 0 Å². The van der Waals surface area contributed by atoms with Crippen molar-refractivity contribution in [3.8, 4) is 0 Å². The molecule has 3 heterocycles. The standard InChI is InChI=1S/C23H16Cl2N4/c24-22-23(25)29(14-19-12-10-17-6-2-4-8-21(17)27-19)15-28(22)13-18-11-9-16-5-1-3-7-20(16)26-18/h1-12H,13-14H2/q+2. The van der Waals surface area contributed by atoms with Gasteiger partial charge in [-0.3, -0.25) is 0 Å². The first-order valence-corrected chi connectivity index (χ1v) is 9.99. The van der Waals surface area contributed by atoms with Crippen molar-refractivity contribution in [3.63, 3.8) is 0 Å². The fraction of sp³-hybridized carbons (Fsp3) is 0.0870. The zero-order valence-corrected chi connectivity index (χ0v) is 16.9. The molecule has 0 amide bonds. The van der Waals surface area contributed by atoms with Gasteiger partial charge < -0.3 is 0 Å². The second kappa shape index (κ2) is 7.41. The number of halogens is 2. The second-order valence-electron chi connectivity index (χ2n) is 6.84. The Balaban J connectivity index is 1.46. The van der Waals surface area contributed by atoms with Gasteiger partial charge in [0.05, 0.1) is 11.0 Å². The van der Waals surface area contributed by atoms with Gasteiger partial charge in [0.1, 0.15) is 11.4 Å². The minimum Gasteiger partial charge on any atom is -0.246 e. The molecule has 5 rings (SSSR count). The molecule has 2 aromatic carbocycles. The van der Waals surface area contributed by atoms with E-state index in [1.165, 1.54) is 0 Å². The Morgan fingerprint density at radius 2 is 1.07 bits per heavy atom. The van der Waals surface area contributed by atoms with E-state index in [-0.39, 0.29) is 0 Å². The van der Waals surface area contributed by atoms with E-state index in [1.54, 1.807) is 9.15 Å². The molecule has 1 aliphatic rings. The molecule has 0 bridgehead atoms. The summed E-state index contributed by atoms with van der Waals surface area (Å²) in [5, 5.41) is 3.08. The fourth-order valence-corrected chi connectivity index (χ4v) is 3.78. The van der Waals surface area contributed by atoms with E-state index in [4.69, 9.17) is 33.2 Å². The highest BCUT2D eigenvalue weighted by Gasteiger charge is 2.35. The summed E-state index contributed by atoms with van der Waals surface area (Å²) in [5.41, 5.74) is 3.69. The number of rotatable bonds is 4. The van der Waals surface area contributed by atoms with Crippen LogP contribution < -0.4 is 0 Å². The Labute approximate surface area is 177 Å². The summed E-state index contributed by atoms with van der Waals surface area (Å²) in [6.45, 7) is 0.975. The van der Waals surface area contributed by atoms with Crippen LogP contribution in [-0.4, -0.2) is 25.1 Å². The van der Waals surface area contributed by atoms with Crippen molar-refractivity contribution < 1.29 is 9.15 Å². The van der Waals surface area contributed by atoms with E-state index >= 15 is 0 Å². The van der Waals surface area contributed by atoms with Gasteiger partial charge in [0.25, 0.3) is 0 Å². The Bertz CT molecular complexity index is 1270. The summed E-state index contributed by atoms with van der Waals surface area (Å²) in [4.78, 5) is 9.41. The molecular weight excluding hydrogens is 403 g/mol. The van der Waals surface area contributed by atoms with Crippen LogP contribution in [-0.2, 0) is 13.1 Å². The topological polar surface area (TPSA) is 31.8 Å². The van der Waals surface area contributed by atoms with Crippen LogP contribution >= 0.6 is 23.2 Å². The zero-order chi connectivity index (χ0) is 19.8. The predicted octanol–water partition coefficient (Wildman–Crippen LogP) is 5.30. The lowest BCUT2D eigenvalue weighted by Gasteiger charge is -1.99. The average Bonchev–Trinajstić information content (AvgIpc) is 3.01. The van der Waals surface area contributed by atoms with Crippen LogP contribution in [0.25, 0.3) is 21.8 Å². The zero-order valence-electron chi connectivity index (χ0n) is 15.4. The van der Waals surface area contributed by atoms with E-state index in [0.29, 0.717) is 23.4 Å². The number of para-hydroxylation sites is 2. The lowest BCUT2D eigenvalue weighted by molar-refractivity contribution is -0.507. The minimum atomic E-state index is 0.433. The van der Waals surface area contributed by atoms with Gasteiger partial charge >= 0.3 is 16.3 Å². The molecule has 0 unspecified atom stereocenters. The molecular formula is C23H16Cl2N4+2. The van der Waals surface area contributed by atoms with Crippen molar-refractivity contribution in [1.29, 1.82) is 0 Å². The van der Waals surface area contributed by atoms with Gasteiger partial charge in [-0.25, -0.2) is 9.97 Å². The third-order valence-electron chi connectivity index (χ3n) is 4.84. The van der Waals surface area contributed by atoms with E-state index < -0.39 is 0 Å². The van der Waals surface area contributed by atoms with Crippen LogP contribution in [0.3, 0.4) is 0 Å². The number of nitrogens with zero attached hydrogens (tertiary/aromatic N) is 4. The van der Waals surface area contributed by atoms with Gasteiger partial charge in [0, 0.05) is 10.8 Å². The number of fused-ring (bicyclic) bond motifs is 2. The van der Waals surface area contributed by atoms with E-state index in [1.807, 2.05) is 60.7 Å². The third-order valence-corrected chi connectivity index (χ3v) is 5.70. The molecule has 29 heavy (non-hydrogen) atoms. The van der Waals surface area contributed by atoms with E-state index in [9.17, 15) is 0 Å². The molecule has 0 fully saturated rings. The number of aromatic nitrogens is 2. The maximum absolute atomic E-state index is 6.47. The van der Waals surface area contributed by atoms with Gasteiger partial charge in [-0.05, 0) is 47.5 Å². The summed E-state index contributed by atoms with van der Waals surface area (Å²) in [6.07, 6.45) is 0. The van der Waals surface area contributed by atoms with Gasteiger partial charge in [0.2, 0.25) is 13.1 Å². The first kappa shape index (κ1) is 18.0. The van der Waals surface area contributed by atoms with Crippen LogP contribution in [0.1, 0.15) is 11.4 Å². The largest absolute Gasteiger partial charge is 0.492 e. The van der Waals surface area contributed by atoms with Crippen LogP contribution in [0.4, 0.5) is 0 Å². The van der Waals surface area contributed by atoms with Crippen LogP contribution in [0.2, 0.25) is 0 Å². The molecule has 4 nitrogen and oxygen atoms in total. The van der Waals surface area contributed by atoms with Crippen molar-refractivity contribution >= 4 is 51.0 Å². The lowest BCUT2D eigenvalue weighted by atomic mass is 10.2. The normalized spacial score (nSPS) is 13.9. The molecule has 0 saturated carbocycles. The highest BCUT2D eigenvalue weighted by molar-refractivity contribution is 6.37. The molecule has 2 aromatic heterocycles. The van der Waals surface area contributed by atoms with E-state index in [0.717, 1.165) is 33.2 Å². The van der Waals surface area contributed by atoms with Gasteiger partial charge in [0.15, 0.2) is 0 Å². The van der Waals surface area contributed by atoms with Crippen molar-refractivity contribution in [2.24, 2.45) is 0 Å². The van der Waals surface area contributed by atoms with Crippen molar-refractivity contribution in [1.82, 2.24) is 9.97 Å². The summed E-state index contributed by atoms with van der Waals surface area (Å²) in [7, 11) is 0. The van der Waals surface area contributed by atoms with Crippen LogP contribution in [0, 0.1) is 0 Å². The highest BCUT2D eigenvalue weighted by atomic mass is 35.5. The molecule has 0 spiro atoms. The summed E-state index contributed by atoms with van der Waals surface area (Å²) >= 11 is 12.9.